The van der Waals surface area contributed by atoms with Crippen molar-refractivity contribution in [1.82, 2.24) is 10.0 Å². The fraction of sp³-hybridized carbons (Fsp3) is 0.429. The predicted molar refractivity (Wildman–Crippen MR) is 91.1 cm³/mol. The van der Waals surface area contributed by atoms with Gasteiger partial charge in [-0.05, 0) is 50.3 Å². The monoisotopic (exact) mass is 343 g/mol. The maximum absolute atomic E-state index is 12.0. The van der Waals surface area contributed by atoms with Crippen LogP contribution in [-0.2, 0) is 14.8 Å². The van der Waals surface area contributed by atoms with E-state index in [0.717, 1.165) is 0 Å². The van der Waals surface area contributed by atoms with E-state index in [-0.39, 0.29) is 27.9 Å². The first-order valence-corrected chi connectivity index (χ1v) is 8.75. The van der Waals surface area contributed by atoms with Crippen LogP contribution in [0.25, 0.3) is 0 Å². The third-order valence-corrected chi connectivity index (χ3v) is 4.45. The molecule has 122 valence electrons. The molecule has 0 heterocycles. The minimum atomic E-state index is -3.52. The van der Waals surface area contributed by atoms with E-state index in [0.29, 0.717) is 5.69 Å². The van der Waals surface area contributed by atoms with Crippen LogP contribution in [0.4, 0.5) is 5.69 Å². The molecular weight excluding hydrogens is 322 g/mol. The van der Waals surface area contributed by atoms with Crippen molar-refractivity contribution in [2.45, 2.75) is 38.6 Å². The molecular formula is C14H21N3O3S2. The van der Waals surface area contributed by atoms with E-state index in [1.54, 1.807) is 39.8 Å². The van der Waals surface area contributed by atoms with Gasteiger partial charge in [-0.2, -0.15) is 0 Å². The molecule has 1 amide bonds. The molecule has 0 spiro atoms. The van der Waals surface area contributed by atoms with Gasteiger partial charge in [-0.15, -0.1) is 0 Å². The summed E-state index contributed by atoms with van der Waals surface area (Å²) in [5.41, 5.74) is 0.595. The summed E-state index contributed by atoms with van der Waals surface area (Å²) in [7, 11) is -3.52. The molecule has 0 aliphatic heterocycles. The van der Waals surface area contributed by atoms with E-state index in [2.05, 4.69) is 15.4 Å². The number of benzene rings is 1. The lowest BCUT2D eigenvalue weighted by Crippen LogP contribution is -2.36. The normalized spacial score (nSPS) is 11.5. The Morgan fingerprint density at radius 3 is 2.09 bits per heavy atom. The lowest BCUT2D eigenvalue weighted by Gasteiger charge is -2.12. The third-order valence-electron chi connectivity index (χ3n) is 2.57. The van der Waals surface area contributed by atoms with Gasteiger partial charge in [0.05, 0.1) is 4.90 Å². The molecule has 1 rings (SSSR count). The highest BCUT2D eigenvalue weighted by Gasteiger charge is 2.15. The molecule has 1 aromatic rings. The number of nitrogens with one attached hydrogen (secondary N) is 3. The molecule has 0 unspecified atom stereocenters. The number of thiocarbonyl (C=S) groups is 1. The number of carbonyl (C=O) groups excluding carboxylic acids is 1. The summed E-state index contributed by atoms with van der Waals surface area (Å²) in [6.07, 6.45) is 0. The van der Waals surface area contributed by atoms with E-state index in [4.69, 9.17) is 12.2 Å². The number of rotatable bonds is 5. The van der Waals surface area contributed by atoms with Crippen molar-refractivity contribution in [3.05, 3.63) is 24.3 Å². The molecule has 1 aromatic carbocycles. The number of hydrogen-bond acceptors (Lipinski definition) is 4. The second kappa shape index (κ2) is 7.66. The first-order chi connectivity index (χ1) is 10.1. The van der Waals surface area contributed by atoms with E-state index in [1.807, 2.05) is 0 Å². The highest BCUT2D eigenvalue weighted by molar-refractivity contribution is 7.89. The molecule has 3 N–H and O–H groups in total. The Morgan fingerprint density at radius 2 is 1.64 bits per heavy atom. The van der Waals surface area contributed by atoms with Gasteiger partial charge in [0.2, 0.25) is 15.9 Å². The summed E-state index contributed by atoms with van der Waals surface area (Å²) in [5.74, 6) is -0.354. The predicted octanol–water partition coefficient (Wildman–Crippen LogP) is 1.84. The highest BCUT2D eigenvalue weighted by Crippen LogP contribution is 2.14. The number of carbonyl (C=O) groups is 1. The van der Waals surface area contributed by atoms with Gasteiger partial charge in [-0.1, -0.05) is 13.8 Å². The summed E-state index contributed by atoms with van der Waals surface area (Å²) >= 11 is 5.02. The van der Waals surface area contributed by atoms with Gasteiger partial charge in [-0.25, -0.2) is 13.1 Å². The average molecular weight is 343 g/mol. The van der Waals surface area contributed by atoms with Crippen LogP contribution < -0.4 is 15.4 Å². The summed E-state index contributed by atoms with van der Waals surface area (Å²) in [6, 6.07) is 5.94. The second-order valence-corrected chi connectivity index (χ2v) is 7.52. The van der Waals surface area contributed by atoms with Crippen molar-refractivity contribution in [3.8, 4) is 0 Å². The van der Waals surface area contributed by atoms with E-state index >= 15 is 0 Å². The van der Waals surface area contributed by atoms with Gasteiger partial charge in [0, 0.05) is 17.6 Å². The summed E-state index contributed by atoms with van der Waals surface area (Å²) in [4.78, 5) is 11.7. The van der Waals surface area contributed by atoms with Crippen LogP contribution >= 0.6 is 12.2 Å². The van der Waals surface area contributed by atoms with Crippen molar-refractivity contribution < 1.29 is 13.2 Å². The third kappa shape index (κ3) is 5.70. The molecule has 22 heavy (non-hydrogen) atoms. The average Bonchev–Trinajstić information content (AvgIpc) is 2.37. The van der Waals surface area contributed by atoms with Crippen molar-refractivity contribution in [2.75, 3.05) is 5.32 Å². The zero-order valence-corrected chi connectivity index (χ0v) is 14.6. The molecule has 8 heteroatoms. The van der Waals surface area contributed by atoms with Gasteiger partial charge >= 0.3 is 0 Å². The maximum atomic E-state index is 12.0. The van der Waals surface area contributed by atoms with Crippen LogP contribution in [0.5, 0.6) is 0 Å². The summed E-state index contributed by atoms with van der Waals surface area (Å²) < 4.78 is 26.5. The van der Waals surface area contributed by atoms with Crippen LogP contribution in [0.2, 0.25) is 0 Å². The topological polar surface area (TPSA) is 87.3 Å². The van der Waals surface area contributed by atoms with Gasteiger partial charge in [0.25, 0.3) is 0 Å². The largest absolute Gasteiger partial charge is 0.332 e. The van der Waals surface area contributed by atoms with Gasteiger partial charge < -0.3 is 10.6 Å². The van der Waals surface area contributed by atoms with Crippen LogP contribution in [0, 0.1) is 5.92 Å². The van der Waals surface area contributed by atoms with Gasteiger partial charge in [0.1, 0.15) is 0 Å². The van der Waals surface area contributed by atoms with Crippen LogP contribution in [0.3, 0.4) is 0 Å². The second-order valence-electron chi connectivity index (χ2n) is 5.40. The molecule has 0 bridgehead atoms. The van der Waals surface area contributed by atoms with E-state index < -0.39 is 10.0 Å². The number of anilines is 1. The lowest BCUT2D eigenvalue weighted by molar-refractivity contribution is -0.122. The number of amides is 1. The van der Waals surface area contributed by atoms with Gasteiger partial charge in [0.15, 0.2) is 5.11 Å². The highest BCUT2D eigenvalue weighted by atomic mass is 32.2. The van der Waals surface area contributed by atoms with Crippen molar-refractivity contribution in [2.24, 2.45) is 5.92 Å². The Hall–Kier alpha value is -1.51. The molecule has 0 atom stereocenters. The first kappa shape index (κ1) is 18.5. The van der Waals surface area contributed by atoms with Crippen LogP contribution in [0.1, 0.15) is 27.7 Å². The number of hydrogen-bond donors (Lipinski definition) is 3. The van der Waals surface area contributed by atoms with Gasteiger partial charge in [-0.3, -0.25) is 4.79 Å². The zero-order chi connectivity index (χ0) is 16.9. The summed E-state index contributed by atoms with van der Waals surface area (Å²) in [5, 5.41) is 5.56. The van der Waals surface area contributed by atoms with Crippen LogP contribution in [-0.4, -0.2) is 25.5 Å². The Kier molecular flexibility index (Phi) is 6.46. The zero-order valence-electron chi connectivity index (χ0n) is 13.0. The SMILES string of the molecule is CC(C)NS(=O)(=O)c1ccc(NC(=S)NC(=O)C(C)C)cc1. The smallest absolute Gasteiger partial charge is 0.240 e. The lowest BCUT2D eigenvalue weighted by atomic mass is 10.2. The quantitative estimate of drug-likeness (QED) is 0.710. The van der Waals surface area contributed by atoms with Crippen molar-refractivity contribution >= 4 is 38.9 Å². The maximum Gasteiger partial charge on any atom is 0.240 e. The van der Waals surface area contributed by atoms with E-state index in [1.165, 1.54) is 12.1 Å². The van der Waals surface area contributed by atoms with Crippen molar-refractivity contribution in [1.29, 1.82) is 0 Å². The van der Waals surface area contributed by atoms with Crippen molar-refractivity contribution in [3.63, 3.8) is 0 Å². The van der Waals surface area contributed by atoms with E-state index in [9.17, 15) is 13.2 Å². The minimum absolute atomic E-state index is 0.170. The summed E-state index contributed by atoms with van der Waals surface area (Å²) in [6.45, 7) is 7.03. The standard InChI is InChI=1S/C14H21N3O3S2/c1-9(2)13(18)16-14(21)15-11-5-7-12(8-6-11)22(19,20)17-10(3)4/h5-10,17H,1-4H3,(H2,15,16,18,21). The molecule has 0 aliphatic rings. The molecule has 0 radical (unpaired) electrons. The Labute approximate surface area is 136 Å². The fourth-order valence-corrected chi connectivity index (χ4v) is 2.98. The fourth-order valence-electron chi connectivity index (χ4n) is 1.51. The van der Waals surface area contributed by atoms with Crippen LogP contribution in [0.15, 0.2) is 29.2 Å². The minimum Gasteiger partial charge on any atom is -0.332 e. The molecule has 0 saturated heterocycles. The molecule has 0 aliphatic carbocycles. The molecule has 0 fully saturated rings. The Balaban J connectivity index is 2.74. The molecule has 6 nitrogen and oxygen atoms in total. The Morgan fingerprint density at radius 1 is 1.09 bits per heavy atom. The number of sulfonamides is 1. The first-order valence-electron chi connectivity index (χ1n) is 6.86. The Bertz CT molecular complexity index is 638. The molecule has 0 saturated carbocycles. The molecule has 0 aromatic heterocycles.